The Labute approximate surface area is 143 Å². The fraction of sp³-hybridized carbons (Fsp3) is 0.167. The molecule has 7 heteroatoms. The highest BCUT2D eigenvalue weighted by atomic mass is 16.7. The van der Waals surface area contributed by atoms with Crippen molar-refractivity contribution in [2.45, 2.75) is 6.42 Å². The van der Waals surface area contributed by atoms with E-state index in [1.165, 1.54) is 12.1 Å². The SMILES string of the molecule is COc1cccc(OCCC(=O)ON2C(=O)c3ccccc3C2=O)c1. The van der Waals surface area contributed by atoms with Gasteiger partial charge in [-0.25, -0.2) is 4.79 Å². The summed E-state index contributed by atoms with van der Waals surface area (Å²) in [4.78, 5) is 41.0. The third-order valence-corrected chi connectivity index (χ3v) is 3.57. The summed E-state index contributed by atoms with van der Waals surface area (Å²) >= 11 is 0. The van der Waals surface area contributed by atoms with Crippen LogP contribution < -0.4 is 9.47 Å². The van der Waals surface area contributed by atoms with Gasteiger partial charge >= 0.3 is 5.97 Å². The maximum Gasteiger partial charge on any atom is 0.336 e. The summed E-state index contributed by atoms with van der Waals surface area (Å²) in [6, 6.07) is 13.2. The molecule has 2 aromatic rings. The topological polar surface area (TPSA) is 82.1 Å². The lowest BCUT2D eigenvalue weighted by atomic mass is 10.1. The van der Waals surface area contributed by atoms with Gasteiger partial charge in [-0.3, -0.25) is 9.59 Å². The van der Waals surface area contributed by atoms with Crippen LogP contribution in [0.2, 0.25) is 0 Å². The Morgan fingerprint density at radius 3 is 2.24 bits per heavy atom. The first-order valence-electron chi connectivity index (χ1n) is 7.55. The number of methoxy groups -OCH3 is 1. The predicted molar refractivity (Wildman–Crippen MR) is 86.1 cm³/mol. The Hall–Kier alpha value is -3.35. The highest BCUT2D eigenvalue weighted by Crippen LogP contribution is 2.23. The van der Waals surface area contributed by atoms with Crippen molar-refractivity contribution in [2.24, 2.45) is 0 Å². The zero-order valence-corrected chi connectivity index (χ0v) is 13.4. The Morgan fingerprint density at radius 1 is 0.960 bits per heavy atom. The van der Waals surface area contributed by atoms with Gasteiger partial charge in [-0.15, -0.1) is 0 Å². The van der Waals surface area contributed by atoms with Gasteiger partial charge < -0.3 is 14.3 Å². The van der Waals surface area contributed by atoms with Gasteiger partial charge in [0.1, 0.15) is 11.5 Å². The van der Waals surface area contributed by atoms with Gasteiger partial charge in [0.15, 0.2) is 0 Å². The summed E-state index contributed by atoms with van der Waals surface area (Å²) in [5.74, 6) is -0.873. The van der Waals surface area contributed by atoms with Crippen molar-refractivity contribution < 1.29 is 28.7 Å². The highest BCUT2D eigenvalue weighted by Gasteiger charge is 2.38. The average Bonchev–Trinajstić information content (AvgIpc) is 2.87. The number of imide groups is 1. The van der Waals surface area contributed by atoms with Gasteiger partial charge in [0.25, 0.3) is 11.8 Å². The molecule has 0 saturated carbocycles. The van der Waals surface area contributed by atoms with Crippen LogP contribution in [0, 0.1) is 0 Å². The summed E-state index contributed by atoms with van der Waals surface area (Å²) < 4.78 is 10.5. The molecular formula is C18H15NO6. The van der Waals surface area contributed by atoms with Gasteiger partial charge in [-0.05, 0) is 24.3 Å². The number of ether oxygens (including phenoxy) is 2. The van der Waals surface area contributed by atoms with E-state index in [0.717, 1.165) is 0 Å². The van der Waals surface area contributed by atoms with Crippen LogP contribution in [0.3, 0.4) is 0 Å². The quantitative estimate of drug-likeness (QED) is 0.749. The molecular weight excluding hydrogens is 326 g/mol. The minimum Gasteiger partial charge on any atom is -0.497 e. The molecule has 0 spiro atoms. The van der Waals surface area contributed by atoms with Crippen LogP contribution in [0.1, 0.15) is 27.1 Å². The number of fused-ring (bicyclic) bond motifs is 1. The molecule has 128 valence electrons. The van der Waals surface area contributed by atoms with Crippen molar-refractivity contribution in [2.75, 3.05) is 13.7 Å². The van der Waals surface area contributed by atoms with Crippen LogP contribution in [0.25, 0.3) is 0 Å². The third kappa shape index (κ3) is 3.45. The van der Waals surface area contributed by atoms with E-state index in [-0.39, 0.29) is 24.2 Å². The molecule has 0 saturated heterocycles. The fourth-order valence-corrected chi connectivity index (χ4v) is 2.34. The van der Waals surface area contributed by atoms with Crippen LogP contribution >= 0.6 is 0 Å². The molecule has 0 aromatic heterocycles. The molecule has 0 fully saturated rings. The van der Waals surface area contributed by atoms with Gasteiger partial charge in [0.2, 0.25) is 0 Å². The molecule has 3 rings (SSSR count). The summed E-state index contributed by atoms with van der Waals surface area (Å²) in [5, 5.41) is 0.485. The van der Waals surface area contributed by atoms with E-state index >= 15 is 0 Å². The smallest absolute Gasteiger partial charge is 0.336 e. The molecule has 0 bridgehead atoms. The summed E-state index contributed by atoms with van der Waals surface area (Å²) in [6.45, 7) is 0.0369. The molecule has 0 aliphatic carbocycles. The van der Waals surface area contributed by atoms with Crippen molar-refractivity contribution in [3.63, 3.8) is 0 Å². The number of rotatable bonds is 6. The van der Waals surface area contributed by atoms with Gasteiger partial charge in [-0.2, -0.15) is 0 Å². The third-order valence-electron chi connectivity index (χ3n) is 3.57. The Morgan fingerprint density at radius 2 is 1.60 bits per heavy atom. The second-order valence-electron chi connectivity index (χ2n) is 5.19. The highest BCUT2D eigenvalue weighted by molar-refractivity contribution is 6.20. The summed E-state index contributed by atoms with van der Waals surface area (Å²) in [5.41, 5.74) is 0.431. The molecule has 0 N–H and O–H groups in total. The number of hydroxylamine groups is 2. The van der Waals surface area contributed by atoms with Crippen molar-refractivity contribution in [3.05, 3.63) is 59.7 Å². The van der Waals surface area contributed by atoms with Crippen LogP contribution in [-0.4, -0.2) is 36.6 Å². The van der Waals surface area contributed by atoms with E-state index in [1.807, 2.05) is 0 Å². The monoisotopic (exact) mass is 341 g/mol. The van der Waals surface area contributed by atoms with Crippen molar-refractivity contribution in [1.82, 2.24) is 5.06 Å². The van der Waals surface area contributed by atoms with Crippen molar-refractivity contribution in [1.29, 1.82) is 0 Å². The lowest BCUT2D eigenvalue weighted by molar-refractivity contribution is -0.169. The molecule has 1 heterocycles. The predicted octanol–water partition coefficient (Wildman–Crippen LogP) is 2.22. The van der Waals surface area contributed by atoms with E-state index in [1.54, 1.807) is 43.5 Å². The number of carbonyl (C=O) groups is 3. The number of nitrogens with zero attached hydrogens (tertiary/aromatic N) is 1. The zero-order valence-electron chi connectivity index (χ0n) is 13.4. The van der Waals surface area contributed by atoms with Crippen molar-refractivity contribution in [3.8, 4) is 11.5 Å². The molecule has 0 atom stereocenters. The van der Waals surface area contributed by atoms with E-state index in [0.29, 0.717) is 16.6 Å². The molecule has 1 aliphatic heterocycles. The largest absolute Gasteiger partial charge is 0.497 e. The minimum atomic E-state index is -0.739. The number of amides is 2. The first kappa shape index (κ1) is 16.5. The fourth-order valence-electron chi connectivity index (χ4n) is 2.34. The second-order valence-corrected chi connectivity index (χ2v) is 5.19. The van der Waals surface area contributed by atoms with E-state index < -0.39 is 17.8 Å². The summed E-state index contributed by atoms with van der Waals surface area (Å²) in [6.07, 6.45) is -0.120. The van der Waals surface area contributed by atoms with Crippen LogP contribution in [-0.2, 0) is 9.63 Å². The van der Waals surface area contributed by atoms with Gasteiger partial charge in [0, 0.05) is 6.07 Å². The van der Waals surface area contributed by atoms with Gasteiger partial charge in [-0.1, -0.05) is 23.3 Å². The van der Waals surface area contributed by atoms with Crippen LogP contribution in [0.5, 0.6) is 11.5 Å². The van der Waals surface area contributed by atoms with Crippen LogP contribution in [0.4, 0.5) is 0 Å². The van der Waals surface area contributed by atoms with Crippen LogP contribution in [0.15, 0.2) is 48.5 Å². The average molecular weight is 341 g/mol. The lowest BCUT2D eigenvalue weighted by Gasteiger charge is -2.13. The zero-order chi connectivity index (χ0) is 17.8. The van der Waals surface area contributed by atoms with Gasteiger partial charge in [0.05, 0.1) is 31.3 Å². The molecule has 1 aliphatic rings. The van der Waals surface area contributed by atoms with E-state index in [2.05, 4.69) is 0 Å². The molecule has 2 aromatic carbocycles. The molecule has 7 nitrogen and oxygen atoms in total. The first-order chi connectivity index (χ1) is 12.1. The van der Waals surface area contributed by atoms with E-state index in [9.17, 15) is 14.4 Å². The second kappa shape index (κ2) is 7.04. The number of carbonyl (C=O) groups excluding carboxylic acids is 3. The maximum absolute atomic E-state index is 12.1. The number of benzene rings is 2. The molecule has 0 radical (unpaired) electrons. The Kier molecular flexibility index (Phi) is 4.65. The number of hydrogen-bond acceptors (Lipinski definition) is 6. The minimum absolute atomic E-state index is 0.0369. The van der Waals surface area contributed by atoms with E-state index in [4.69, 9.17) is 14.3 Å². The Bertz CT molecular complexity index is 797. The number of hydrogen-bond donors (Lipinski definition) is 0. The molecule has 25 heavy (non-hydrogen) atoms. The first-order valence-corrected chi connectivity index (χ1v) is 7.55. The lowest BCUT2D eigenvalue weighted by Crippen LogP contribution is -2.33. The maximum atomic E-state index is 12.1. The Balaban J connectivity index is 1.53. The summed E-state index contributed by atoms with van der Waals surface area (Å²) in [7, 11) is 1.54. The molecule has 0 unspecified atom stereocenters. The van der Waals surface area contributed by atoms with Crippen molar-refractivity contribution >= 4 is 17.8 Å². The normalized spacial score (nSPS) is 12.8. The standard InChI is InChI=1S/C18H15NO6/c1-23-12-5-4-6-13(11-12)24-10-9-16(20)25-19-17(21)14-7-2-3-8-15(14)18(19)22/h2-8,11H,9-10H2,1H3. The molecule has 2 amide bonds.